The fraction of sp³-hybridized carbons (Fsp3) is 1.00. The molecule has 3 aliphatic heterocycles. The molecule has 136 valence electrons. The van der Waals surface area contributed by atoms with Crippen LogP contribution in [-0.2, 0) is 23.7 Å². The summed E-state index contributed by atoms with van der Waals surface area (Å²) in [4.78, 5) is 0. The van der Waals surface area contributed by atoms with Gasteiger partial charge in [-0.1, -0.05) is 6.92 Å². The van der Waals surface area contributed by atoms with E-state index in [1.54, 1.807) is 7.11 Å². The van der Waals surface area contributed by atoms with Crippen LogP contribution in [0.4, 0.5) is 0 Å². The van der Waals surface area contributed by atoms with Gasteiger partial charge in [0.15, 0.2) is 0 Å². The van der Waals surface area contributed by atoms with E-state index >= 15 is 0 Å². The lowest BCUT2D eigenvalue weighted by Gasteiger charge is -2.50. The van der Waals surface area contributed by atoms with Crippen molar-refractivity contribution in [1.82, 2.24) is 0 Å². The molecule has 23 heavy (non-hydrogen) atoms. The fourth-order valence-corrected chi connectivity index (χ4v) is 2.80. The third kappa shape index (κ3) is 5.40. The van der Waals surface area contributed by atoms with E-state index in [1.165, 1.54) is 0 Å². The van der Waals surface area contributed by atoms with Gasteiger partial charge in [-0.15, -0.1) is 0 Å². The number of methoxy groups -OCH3 is 1. The Morgan fingerprint density at radius 2 is 1.48 bits per heavy atom. The number of fused-ring (bicyclic) bond motifs is 3. The summed E-state index contributed by atoms with van der Waals surface area (Å²) in [6.45, 7) is 13.4. The highest BCUT2D eigenvalue weighted by molar-refractivity contribution is 4.85. The maximum atomic E-state index is 6.05. The van der Waals surface area contributed by atoms with E-state index in [0.29, 0.717) is 6.61 Å². The van der Waals surface area contributed by atoms with E-state index < -0.39 is 5.97 Å². The van der Waals surface area contributed by atoms with Crippen LogP contribution in [0.2, 0.25) is 0 Å². The smallest absolute Gasteiger partial charge is 0.282 e. The molecule has 0 aromatic heterocycles. The summed E-state index contributed by atoms with van der Waals surface area (Å²) in [5.41, 5.74) is -0.280. The van der Waals surface area contributed by atoms with Crippen LogP contribution in [0.15, 0.2) is 0 Å². The molecule has 2 bridgehead atoms. The van der Waals surface area contributed by atoms with Gasteiger partial charge in [0.05, 0.1) is 37.6 Å². The van der Waals surface area contributed by atoms with Crippen LogP contribution >= 0.6 is 0 Å². The fourth-order valence-electron chi connectivity index (χ4n) is 2.80. The molecule has 5 nitrogen and oxygen atoms in total. The van der Waals surface area contributed by atoms with Crippen molar-refractivity contribution < 1.29 is 23.7 Å². The number of hydrogen-bond donors (Lipinski definition) is 0. The minimum absolute atomic E-state index is 0.0261. The second-order valence-electron chi connectivity index (χ2n) is 8.54. The van der Waals surface area contributed by atoms with Gasteiger partial charge in [-0.25, -0.2) is 0 Å². The highest BCUT2D eigenvalue weighted by Crippen LogP contribution is 2.40. The summed E-state index contributed by atoms with van der Waals surface area (Å²) in [6, 6.07) is 0. The average molecular weight is 330 g/mol. The largest absolute Gasteiger partial charge is 0.379 e. The maximum absolute atomic E-state index is 6.05. The van der Waals surface area contributed by atoms with Crippen molar-refractivity contribution in [2.24, 2.45) is 5.41 Å². The standard InChI is InChI=1S/C18H34O5/c1-15(2,19-6)10-11-20-16(3,4)8-7-9-18-21-12-17(5,13-22-18)14-23-18/h7-14H2,1-6H3. The van der Waals surface area contributed by atoms with E-state index in [2.05, 4.69) is 34.6 Å². The van der Waals surface area contributed by atoms with Gasteiger partial charge in [0.2, 0.25) is 0 Å². The molecule has 0 aromatic carbocycles. The lowest BCUT2D eigenvalue weighted by molar-refractivity contribution is -0.467. The summed E-state index contributed by atoms with van der Waals surface area (Å²) in [5, 5.41) is 0. The summed E-state index contributed by atoms with van der Waals surface area (Å²) in [6.07, 6.45) is 3.51. The Morgan fingerprint density at radius 1 is 0.913 bits per heavy atom. The van der Waals surface area contributed by atoms with Crippen LogP contribution in [0.1, 0.15) is 60.3 Å². The minimum Gasteiger partial charge on any atom is -0.379 e. The molecule has 0 spiro atoms. The quantitative estimate of drug-likeness (QED) is 0.647. The van der Waals surface area contributed by atoms with E-state index in [-0.39, 0.29) is 16.6 Å². The van der Waals surface area contributed by atoms with Gasteiger partial charge in [-0.3, -0.25) is 0 Å². The first-order valence-electron chi connectivity index (χ1n) is 8.70. The molecule has 0 saturated carbocycles. The predicted molar refractivity (Wildman–Crippen MR) is 88.3 cm³/mol. The second-order valence-corrected chi connectivity index (χ2v) is 8.54. The molecule has 0 aromatic rings. The number of rotatable bonds is 9. The van der Waals surface area contributed by atoms with Crippen molar-refractivity contribution in [3.63, 3.8) is 0 Å². The van der Waals surface area contributed by atoms with Crippen molar-refractivity contribution >= 4 is 0 Å². The van der Waals surface area contributed by atoms with Crippen molar-refractivity contribution in [3.8, 4) is 0 Å². The predicted octanol–water partition coefficient (Wildman–Crippen LogP) is 3.50. The lowest BCUT2D eigenvalue weighted by Crippen LogP contribution is -2.58. The normalized spacial score (nSPS) is 31.6. The molecule has 3 fully saturated rings. The second kappa shape index (κ2) is 6.96. The molecular formula is C18H34O5. The van der Waals surface area contributed by atoms with E-state index in [0.717, 1.165) is 45.5 Å². The molecule has 0 amide bonds. The van der Waals surface area contributed by atoms with E-state index in [4.69, 9.17) is 23.7 Å². The van der Waals surface area contributed by atoms with Gasteiger partial charge < -0.3 is 23.7 Å². The molecule has 3 rings (SSSR count). The summed E-state index contributed by atoms with van der Waals surface area (Å²) < 4.78 is 28.9. The number of ether oxygens (including phenoxy) is 5. The zero-order valence-electron chi connectivity index (χ0n) is 15.7. The van der Waals surface area contributed by atoms with Crippen molar-refractivity contribution in [3.05, 3.63) is 0 Å². The van der Waals surface area contributed by atoms with Gasteiger partial charge in [0, 0.05) is 18.9 Å². The summed E-state index contributed by atoms with van der Waals surface area (Å²) in [7, 11) is 1.74. The Kier molecular flexibility index (Phi) is 5.79. The molecule has 5 heteroatoms. The Hall–Kier alpha value is -0.200. The Labute approximate surface area is 140 Å². The molecule has 3 saturated heterocycles. The highest BCUT2D eigenvalue weighted by Gasteiger charge is 2.50. The van der Waals surface area contributed by atoms with Crippen LogP contribution < -0.4 is 0 Å². The van der Waals surface area contributed by atoms with Crippen LogP contribution in [0.25, 0.3) is 0 Å². The first-order valence-corrected chi connectivity index (χ1v) is 8.70. The molecule has 3 aliphatic rings. The van der Waals surface area contributed by atoms with Crippen LogP contribution in [0.3, 0.4) is 0 Å². The molecular weight excluding hydrogens is 296 g/mol. The molecule has 0 atom stereocenters. The number of hydrogen-bond acceptors (Lipinski definition) is 5. The van der Waals surface area contributed by atoms with Crippen LogP contribution in [0, 0.1) is 5.41 Å². The van der Waals surface area contributed by atoms with Gasteiger partial charge in [0.1, 0.15) is 0 Å². The van der Waals surface area contributed by atoms with Crippen LogP contribution in [0.5, 0.6) is 0 Å². The molecule has 3 heterocycles. The maximum Gasteiger partial charge on any atom is 0.282 e. The van der Waals surface area contributed by atoms with Crippen molar-refractivity contribution in [2.75, 3.05) is 33.5 Å². The van der Waals surface area contributed by atoms with Gasteiger partial charge in [-0.05, 0) is 47.0 Å². The Bertz CT molecular complexity index is 366. The summed E-state index contributed by atoms with van der Waals surface area (Å²) in [5.74, 6) is -0.814. The Balaban J connectivity index is 1.68. The van der Waals surface area contributed by atoms with Crippen LogP contribution in [-0.4, -0.2) is 50.7 Å². The minimum atomic E-state index is -0.814. The van der Waals surface area contributed by atoms with E-state index in [9.17, 15) is 0 Å². The van der Waals surface area contributed by atoms with Gasteiger partial charge in [0.25, 0.3) is 5.97 Å². The first-order chi connectivity index (χ1) is 10.6. The van der Waals surface area contributed by atoms with E-state index in [1.807, 2.05) is 0 Å². The zero-order chi connectivity index (χ0) is 17.2. The molecule has 0 unspecified atom stereocenters. The topological polar surface area (TPSA) is 46.2 Å². The SMILES string of the molecule is COC(C)(C)CCOC(C)(C)CCCC12OCC(C)(CO1)CO2. The molecule has 0 N–H and O–H groups in total. The average Bonchev–Trinajstić information content (AvgIpc) is 2.48. The zero-order valence-corrected chi connectivity index (χ0v) is 15.7. The van der Waals surface area contributed by atoms with Gasteiger partial charge >= 0.3 is 0 Å². The third-order valence-electron chi connectivity index (χ3n) is 4.93. The third-order valence-corrected chi connectivity index (χ3v) is 4.93. The summed E-state index contributed by atoms with van der Waals surface area (Å²) >= 11 is 0. The molecule has 0 aliphatic carbocycles. The molecule has 0 radical (unpaired) electrons. The lowest BCUT2D eigenvalue weighted by atomic mass is 9.91. The Morgan fingerprint density at radius 3 is 2.00 bits per heavy atom. The van der Waals surface area contributed by atoms with Crippen molar-refractivity contribution in [2.45, 2.75) is 77.5 Å². The monoisotopic (exact) mass is 330 g/mol. The first kappa shape index (κ1) is 19.1. The highest BCUT2D eigenvalue weighted by atomic mass is 16.9. The van der Waals surface area contributed by atoms with Gasteiger partial charge in [-0.2, -0.15) is 0 Å². The van der Waals surface area contributed by atoms with Crippen molar-refractivity contribution in [1.29, 1.82) is 0 Å².